The first kappa shape index (κ1) is 26.4. The second kappa shape index (κ2) is 10.4. The van der Waals surface area contributed by atoms with E-state index >= 15 is 0 Å². The molecule has 38 heavy (non-hydrogen) atoms. The summed E-state index contributed by atoms with van der Waals surface area (Å²) in [5.41, 5.74) is 5.26. The molecule has 2 aromatic heterocycles. The zero-order valence-electron chi connectivity index (χ0n) is 20.0. The number of anilines is 1. The molecule has 0 bridgehead atoms. The minimum Gasteiger partial charge on any atom is -0.364 e. The fraction of sp³-hybridized carbons (Fsp3) is 0.240. The molecule has 1 atom stereocenters. The molecule has 4 rings (SSSR count). The smallest absolute Gasteiger partial charge is 0.364 e. The summed E-state index contributed by atoms with van der Waals surface area (Å²) in [6.45, 7) is 4.02. The van der Waals surface area contributed by atoms with E-state index in [0.29, 0.717) is 18.5 Å². The average molecular weight is 528 g/mol. The summed E-state index contributed by atoms with van der Waals surface area (Å²) >= 11 is 0. The molecule has 0 radical (unpaired) electrons. The first-order chi connectivity index (χ1) is 18.0. The Kier molecular flexibility index (Phi) is 7.19. The summed E-state index contributed by atoms with van der Waals surface area (Å²) < 4.78 is 39.9. The fourth-order valence-corrected chi connectivity index (χ4v) is 4.35. The van der Waals surface area contributed by atoms with E-state index in [1.165, 1.54) is 30.3 Å². The van der Waals surface area contributed by atoms with Crippen molar-refractivity contribution >= 4 is 23.5 Å². The Labute approximate surface area is 215 Å². The number of nitrogens with two attached hydrogens (primary N) is 2. The fourth-order valence-electron chi connectivity index (χ4n) is 4.35. The zero-order chi connectivity index (χ0) is 27.6. The van der Waals surface area contributed by atoms with E-state index in [2.05, 4.69) is 21.9 Å². The van der Waals surface area contributed by atoms with Crippen LogP contribution in [-0.2, 0) is 11.0 Å². The lowest BCUT2D eigenvalue weighted by molar-refractivity contribution is -0.137. The lowest BCUT2D eigenvalue weighted by Crippen LogP contribution is -2.39. The number of hydrogen-bond acceptors (Lipinski definition) is 6. The van der Waals surface area contributed by atoms with Gasteiger partial charge in [0.2, 0.25) is 5.91 Å². The Balaban J connectivity index is 1.62. The third kappa shape index (κ3) is 5.21. The molecule has 0 aliphatic carbocycles. The average Bonchev–Trinajstić information content (AvgIpc) is 3.25. The van der Waals surface area contributed by atoms with Crippen LogP contribution < -0.4 is 16.9 Å². The van der Waals surface area contributed by atoms with E-state index in [-0.39, 0.29) is 34.5 Å². The summed E-state index contributed by atoms with van der Waals surface area (Å²) in [6.07, 6.45) is -0.226. The summed E-state index contributed by atoms with van der Waals surface area (Å²) in [5.74, 6) is 4.43. The monoisotopic (exact) mass is 527 g/mol. The lowest BCUT2D eigenvalue weighted by atomic mass is 10.0. The van der Waals surface area contributed by atoms with Gasteiger partial charge in [0.05, 0.1) is 11.6 Å². The van der Waals surface area contributed by atoms with Crippen molar-refractivity contribution in [2.75, 3.05) is 17.7 Å². The van der Waals surface area contributed by atoms with Gasteiger partial charge in [-0.2, -0.15) is 13.2 Å². The number of alkyl halides is 3. The van der Waals surface area contributed by atoms with E-state index in [1.54, 1.807) is 4.90 Å². The van der Waals surface area contributed by atoms with Gasteiger partial charge < -0.3 is 21.8 Å². The van der Waals surface area contributed by atoms with E-state index in [0.717, 1.165) is 35.8 Å². The highest BCUT2D eigenvalue weighted by molar-refractivity contribution is 6.04. The Bertz CT molecular complexity index is 1400. The number of nitrogens with zero attached hydrogens (tertiary/aromatic N) is 4. The van der Waals surface area contributed by atoms with Crippen LogP contribution in [0.5, 0.6) is 0 Å². The molecule has 0 unspecified atom stereocenters. The Morgan fingerprint density at radius 3 is 2.47 bits per heavy atom. The molecule has 13 heteroatoms. The van der Waals surface area contributed by atoms with E-state index in [9.17, 15) is 27.6 Å². The van der Waals surface area contributed by atoms with Gasteiger partial charge in [-0.15, -0.1) is 0 Å². The highest BCUT2D eigenvalue weighted by Crippen LogP contribution is 2.34. The Morgan fingerprint density at radius 1 is 1.13 bits per heavy atom. The van der Waals surface area contributed by atoms with Gasteiger partial charge in [-0.05, 0) is 49.6 Å². The minimum absolute atomic E-state index is 0.0815. The van der Waals surface area contributed by atoms with Crippen LogP contribution in [0.2, 0.25) is 0 Å². The molecule has 198 valence electrons. The first-order valence-electron chi connectivity index (χ1n) is 11.6. The number of pyridine rings is 1. The van der Waals surface area contributed by atoms with Crippen LogP contribution in [0.25, 0.3) is 11.3 Å². The Morgan fingerprint density at radius 2 is 1.84 bits per heavy atom. The van der Waals surface area contributed by atoms with Gasteiger partial charge in [-0.25, -0.2) is 14.6 Å². The van der Waals surface area contributed by atoms with Gasteiger partial charge in [0.1, 0.15) is 11.5 Å². The van der Waals surface area contributed by atoms with Crippen LogP contribution in [0.15, 0.2) is 55.3 Å². The molecular formula is C25H24F3N7O3. The molecule has 1 saturated heterocycles. The number of imidazole rings is 1. The number of carbonyl (C=O) groups excluding carboxylic acids is 3. The van der Waals surface area contributed by atoms with Gasteiger partial charge in [0.25, 0.3) is 11.8 Å². The highest BCUT2D eigenvalue weighted by atomic mass is 19.4. The molecule has 1 aromatic carbocycles. The van der Waals surface area contributed by atoms with Crippen molar-refractivity contribution in [3.8, 4) is 11.3 Å². The van der Waals surface area contributed by atoms with E-state index < -0.39 is 29.6 Å². The number of nitrogen functional groups attached to an aromatic ring is 1. The van der Waals surface area contributed by atoms with Crippen LogP contribution >= 0.6 is 0 Å². The number of likely N-dealkylation sites (tertiary alicyclic amines) is 1. The molecule has 3 heterocycles. The third-order valence-corrected chi connectivity index (χ3v) is 6.18. The molecule has 0 saturated carbocycles. The Hall–Kier alpha value is -4.68. The molecule has 10 nitrogen and oxygen atoms in total. The zero-order valence-corrected chi connectivity index (χ0v) is 20.0. The van der Waals surface area contributed by atoms with Crippen LogP contribution in [0.1, 0.15) is 57.5 Å². The predicted octanol–water partition coefficient (Wildman–Crippen LogP) is 3.27. The van der Waals surface area contributed by atoms with Crippen LogP contribution in [0, 0.1) is 0 Å². The summed E-state index contributed by atoms with van der Waals surface area (Å²) in [7, 11) is 0. The third-order valence-electron chi connectivity index (χ3n) is 6.18. The summed E-state index contributed by atoms with van der Waals surface area (Å²) in [4.78, 5) is 47.2. The van der Waals surface area contributed by atoms with Gasteiger partial charge in [-0.1, -0.05) is 18.7 Å². The molecule has 0 spiro atoms. The van der Waals surface area contributed by atoms with Crippen molar-refractivity contribution in [3.63, 3.8) is 0 Å². The number of aromatic nitrogens is 3. The number of halogens is 3. The van der Waals surface area contributed by atoms with Crippen molar-refractivity contribution in [3.05, 3.63) is 77.9 Å². The number of amides is 3. The van der Waals surface area contributed by atoms with Crippen molar-refractivity contribution in [2.24, 2.45) is 5.73 Å². The summed E-state index contributed by atoms with van der Waals surface area (Å²) in [5, 5.41) is 2.33. The number of hydrogen-bond donors (Lipinski definition) is 3. The molecular weight excluding hydrogens is 503 g/mol. The molecule has 1 aliphatic heterocycles. The van der Waals surface area contributed by atoms with Crippen molar-refractivity contribution in [2.45, 2.75) is 31.5 Å². The van der Waals surface area contributed by atoms with Gasteiger partial charge in [0.15, 0.2) is 11.5 Å². The molecule has 3 aromatic rings. The van der Waals surface area contributed by atoms with Gasteiger partial charge in [0, 0.05) is 23.9 Å². The number of piperidine rings is 1. The number of benzene rings is 1. The second-order valence-corrected chi connectivity index (χ2v) is 8.61. The number of rotatable bonds is 6. The quantitative estimate of drug-likeness (QED) is 0.331. The number of carbonyl (C=O) groups is 3. The lowest BCUT2D eigenvalue weighted by Gasteiger charge is -2.34. The first-order valence-corrected chi connectivity index (χ1v) is 11.6. The maximum absolute atomic E-state index is 12.9. The normalized spacial score (nSPS) is 15.7. The minimum atomic E-state index is -4.58. The van der Waals surface area contributed by atoms with Crippen molar-refractivity contribution in [1.29, 1.82) is 0 Å². The van der Waals surface area contributed by atoms with Gasteiger partial charge >= 0.3 is 6.18 Å². The second-order valence-electron chi connectivity index (χ2n) is 8.61. The van der Waals surface area contributed by atoms with Gasteiger partial charge in [-0.3, -0.25) is 14.4 Å². The van der Waals surface area contributed by atoms with E-state index in [4.69, 9.17) is 11.6 Å². The molecule has 1 fully saturated rings. The van der Waals surface area contributed by atoms with Crippen LogP contribution in [-0.4, -0.2) is 43.8 Å². The van der Waals surface area contributed by atoms with Crippen molar-refractivity contribution < 1.29 is 27.6 Å². The van der Waals surface area contributed by atoms with E-state index in [1.807, 2.05) is 0 Å². The standard InChI is InChI=1S/C25H24F3N7O3/c1-2-19(36)34-12-4-3-5-17(34)23-33-20(21(22(29)37)35(23)30)14-6-8-15(9-7-14)24(38)32-18-13-16(10-11-31-18)25(26,27)28/h2,6-11,13,17H,1,3-5,12,30H2,(H2,29,37)(H,31,32,38)/t17-/m0/s1. The van der Waals surface area contributed by atoms with Crippen LogP contribution in [0.3, 0.4) is 0 Å². The predicted molar refractivity (Wildman–Crippen MR) is 132 cm³/mol. The SMILES string of the molecule is C=CC(=O)N1CCCC[C@H]1c1nc(-c2ccc(C(=O)Nc3cc(C(F)(F)F)ccn3)cc2)c(C(N)=O)n1N. The molecule has 3 amide bonds. The molecule has 5 N–H and O–H groups in total. The summed E-state index contributed by atoms with van der Waals surface area (Å²) in [6, 6.07) is 6.86. The number of primary amides is 1. The maximum atomic E-state index is 12.9. The largest absolute Gasteiger partial charge is 0.416 e. The topological polar surface area (TPSA) is 149 Å². The molecule has 1 aliphatic rings. The highest BCUT2D eigenvalue weighted by Gasteiger charge is 2.33. The number of nitrogens with one attached hydrogen (secondary N) is 1. The van der Waals surface area contributed by atoms with Crippen molar-refractivity contribution in [1.82, 2.24) is 19.5 Å². The van der Waals surface area contributed by atoms with Crippen LogP contribution in [0.4, 0.5) is 19.0 Å². The maximum Gasteiger partial charge on any atom is 0.416 e.